The molecule has 5 heteroatoms. The molecule has 0 aliphatic carbocycles. The fraction of sp³-hybridized carbons (Fsp3) is 0.231. The van der Waals surface area contributed by atoms with Gasteiger partial charge in [-0.15, -0.1) is 0 Å². The van der Waals surface area contributed by atoms with Gasteiger partial charge in [0.2, 0.25) is 0 Å². The van der Waals surface area contributed by atoms with Crippen LogP contribution in [0.4, 0.5) is 13.2 Å². The summed E-state index contributed by atoms with van der Waals surface area (Å²) in [5.41, 5.74) is 2.62. The molecule has 0 bridgehead atoms. The molecule has 0 unspecified atom stereocenters. The molecule has 0 saturated carbocycles. The summed E-state index contributed by atoms with van der Waals surface area (Å²) in [7, 11) is 0. The van der Waals surface area contributed by atoms with E-state index >= 15 is 0 Å². The molecule has 1 fully saturated rings. The first-order valence-corrected chi connectivity index (χ1v) is 10.2. The van der Waals surface area contributed by atoms with Crippen molar-refractivity contribution in [3.8, 4) is 22.3 Å². The Hall–Kier alpha value is -2.89. The maximum Gasteiger partial charge on any atom is 0.183 e. The van der Waals surface area contributed by atoms with Crippen LogP contribution in [0.5, 0.6) is 0 Å². The van der Waals surface area contributed by atoms with E-state index in [4.69, 9.17) is 9.47 Å². The molecule has 3 aromatic rings. The van der Waals surface area contributed by atoms with Crippen LogP contribution in [-0.4, -0.2) is 13.2 Å². The average molecular weight is 424 g/mol. The van der Waals surface area contributed by atoms with Crippen molar-refractivity contribution < 1.29 is 22.6 Å². The topological polar surface area (TPSA) is 18.5 Å². The molecule has 1 aliphatic rings. The lowest BCUT2D eigenvalue weighted by Gasteiger charge is -2.28. The van der Waals surface area contributed by atoms with Gasteiger partial charge in [0, 0.05) is 22.6 Å². The van der Waals surface area contributed by atoms with Crippen LogP contribution in [0.1, 0.15) is 24.3 Å². The number of benzene rings is 3. The SMILES string of the molecule is C/C=C/C1COC(c2ccc(-c3ccc(-c4ccc(C)c(F)c4F)cc3)c(F)c2)OC1. The molecule has 4 rings (SSSR count). The van der Waals surface area contributed by atoms with E-state index in [1.165, 1.54) is 19.1 Å². The monoisotopic (exact) mass is 424 g/mol. The molecule has 0 spiro atoms. The van der Waals surface area contributed by atoms with Crippen molar-refractivity contribution in [2.45, 2.75) is 20.1 Å². The third-order valence-electron chi connectivity index (χ3n) is 5.44. The Morgan fingerprint density at radius 1 is 0.806 bits per heavy atom. The molecule has 1 saturated heterocycles. The number of hydrogen-bond donors (Lipinski definition) is 0. The van der Waals surface area contributed by atoms with E-state index in [-0.39, 0.29) is 17.0 Å². The predicted molar refractivity (Wildman–Crippen MR) is 115 cm³/mol. The second kappa shape index (κ2) is 9.08. The number of allylic oxidation sites excluding steroid dienone is 1. The van der Waals surface area contributed by atoms with Crippen LogP contribution in [0.15, 0.2) is 66.7 Å². The first kappa shape index (κ1) is 21.3. The Morgan fingerprint density at radius 2 is 1.42 bits per heavy atom. The average Bonchev–Trinajstić information content (AvgIpc) is 2.79. The molecular formula is C26H23F3O2. The molecule has 160 valence electrons. The lowest BCUT2D eigenvalue weighted by atomic mass is 9.98. The van der Waals surface area contributed by atoms with E-state index in [1.807, 2.05) is 19.1 Å². The quantitative estimate of drug-likeness (QED) is 0.421. The Kier molecular flexibility index (Phi) is 6.25. The molecular weight excluding hydrogens is 401 g/mol. The number of halogens is 3. The van der Waals surface area contributed by atoms with Crippen LogP contribution in [0, 0.1) is 30.3 Å². The van der Waals surface area contributed by atoms with Crippen LogP contribution >= 0.6 is 0 Å². The van der Waals surface area contributed by atoms with Gasteiger partial charge in [0.05, 0.1) is 13.2 Å². The minimum Gasteiger partial charge on any atom is -0.348 e. The number of hydrogen-bond acceptors (Lipinski definition) is 2. The summed E-state index contributed by atoms with van der Waals surface area (Å²) in [5.74, 6) is -1.93. The smallest absolute Gasteiger partial charge is 0.183 e. The third-order valence-corrected chi connectivity index (χ3v) is 5.44. The Bertz CT molecular complexity index is 1100. The van der Waals surface area contributed by atoms with E-state index in [0.29, 0.717) is 35.5 Å². The Labute approximate surface area is 179 Å². The van der Waals surface area contributed by atoms with Gasteiger partial charge in [-0.05, 0) is 36.6 Å². The van der Waals surface area contributed by atoms with E-state index in [2.05, 4.69) is 0 Å². The molecule has 0 aromatic heterocycles. The summed E-state index contributed by atoms with van der Waals surface area (Å²) in [4.78, 5) is 0. The van der Waals surface area contributed by atoms with Gasteiger partial charge in [0.15, 0.2) is 17.9 Å². The van der Waals surface area contributed by atoms with Crippen molar-refractivity contribution in [2.24, 2.45) is 5.92 Å². The summed E-state index contributed by atoms with van der Waals surface area (Å²) < 4.78 is 54.4. The first-order valence-electron chi connectivity index (χ1n) is 10.2. The molecule has 31 heavy (non-hydrogen) atoms. The highest BCUT2D eigenvalue weighted by Gasteiger charge is 2.23. The molecule has 0 N–H and O–H groups in total. The van der Waals surface area contributed by atoms with Gasteiger partial charge in [-0.25, -0.2) is 13.2 Å². The minimum atomic E-state index is -0.882. The van der Waals surface area contributed by atoms with Crippen molar-refractivity contribution in [3.05, 3.63) is 95.3 Å². The number of rotatable bonds is 4. The van der Waals surface area contributed by atoms with E-state index in [1.54, 1.807) is 42.5 Å². The predicted octanol–water partition coefficient (Wildman–Crippen LogP) is 6.98. The Balaban J connectivity index is 1.53. The van der Waals surface area contributed by atoms with Gasteiger partial charge in [0.25, 0.3) is 0 Å². The molecule has 0 amide bonds. The van der Waals surface area contributed by atoms with Crippen LogP contribution in [0.2, 0.25) is 0 Å². The van der Waals surface area contributed by atoms with Crippen molar-refractivity contribution in [2.75, 3.05) is 13.2 Å². The summed E-state index contributed by atoms with van der Waals surface area (Å²) in [6.45, 7) is 4.51. The van der Waals surface area contributed by atoms with Crippen molar-refractivity contribution >= 4 is 0 Å². The zero-order valence-electron chi connectivity index (χ0n) is 17.4. The van der Waals surface area contributed by atoms with Crippen LogP contribution in [0.3, 0.4) is 0 Å². The lowest BCUT2D eigenvalue weighted by molar-refractivity contribution is -0.197. The van der Waals surface area contributed by atoms with Crippen molar-refractivity contribution in [1.29, 1.82) is 0 Å². The largest absolute Gasteiger partial charge is 0.348 e. The summed E-state index contributed by atoms with van der Waals surface area (Å²) in [6.07, 6.45) is 3.40. The van der Waals surface area contributed by atoms with E-state index < -0.39 is 23.7 Å². The van der Waals surface area contributed by atoms with Gasteiger partial charge in [-0.1, -0.05) is 60.7 Å². The minimum absolute atomic E-state index is 0.174. The zero-order valence-corrected chi connectivity index (χ0v) is 17.4. The normalized spacial score (nSPS) is 19.1. The molecule has 1 aliphatic heterocycles. The zero-order chi connectivity index (χ0) is 22.0. The Morgan fingerprint density at radius 3 is 2.03 bits per heavy atom. The van der Waals surface area contributed by atoms with Crippen molar-refractivity contribution in [3.63, 3.8) is 0 Å². The summed E-state index contributed by atoms with van der Waals surface area (Å²) in [5, 5.41) is 0. The molecule has 0 radical (unpaired) electrons. The third kappa shape index (κ3) is 4.43. The highest BCUT2D eigenvalue weighted by atomic mass is 19.2. The van der Waals surface area contributed by atoms with Crippen LogP contribution < -0.4 is 0 Å². The highest BCUT2D eigenvalue weighted by Crippen LogP contribution is 2.32. The second-order valence-electron chi connectivity index (χ2n) is 7.66. The molecule has 1 heterocycles. The number of ether oxygens (including phenoxy) is 2. The van der Waals surface area contributed by atoms with Gasteiger partial charge >= 0.3 is 0 Å². The van der Waals surface area contributed by atoms with Gasteiger partial charge in [-0.2, -0.15) is 0 Å². The summed E-state index contributed by atoms with van der Waals surface area (Å²) in [6, 6.07) is 14.7. The van der Waals surface area contributed by atoms with Crippen LogP contribution in [-0.2, 0) is 9.47 Å². The van der Waals surface area contributed by atoms with Gasteiger partial charge in [0.1, 0.15) is 5.82 Å². The van der Waals surface area contributed by atoms with E-state index in [0.717, 1.165) is 0 Å². The standard InChI is InChI=1S/C26H23F3O2/c1-3-4-17-14-30-26(31-15-17)20-10-12-21(23(27)13-20)18-6-8-19(9-7-18)22-11-5-16(2)24(28)25(22)29/h3-13,17,26H,14-15H2,1-2H3/b4-3+. The molecule has 0 atom stereocenters. The fourth-order valence-corrected chi connectivity index (χ4v) is 3.70. The molecule has 2 nitrogen and oxygen atoms in total. The van der Waals surface area contributed by atoms with Crippen LogP contribution in [0.25, 0.3) is 22.3 Å². The van der Waals surface area contributed by atoms with Gasteiger partial charge in [-0.3, -0.25) is 0 Å². The van der Waals surface area contributed by atoms with E-state index in [9.17, 15) is 13.2 Å². The summed E-state index contributed by atoms with van der Waals surface area (Å²) >= 11 is 0. The number of aryl methyl sites for hydroxylation is 1. The maximum atomic E-state index is 14.8. The maximum absolute atomic E-state index is 14.8. The molecule has 3 aromatic carbocycles. The van der Waals surface area contributed by atoms with Crippen molar-refractivity contribution in [1.82, 2.24) is 0 Å². The lowest BCUT2D eigenvalue weighted by Crippen LogP contribution is -2.25. The van der Waals surface area contributed by atoms with Gasteiger partial charge < -0.3 is 9.47 Å². The fourth-order valence-electron chi connectivity index (χ4n) is 3.70. The first-order chi connectivity index (χ1) is 15.0. The highest BCUT2D eigenvalue weighted by molar-refractivity contribution is 5.71. The second-order valence-corrected chi connectivity index (χ2v) is 7.66.